The third kappa shape index (κ3) is 27.5. The molecule has 0 rings (SSSR count). The molecule has 35 heavy (non-hydrogen) atoms. The first-order chi connectivity index (χ1) is 17.2. The van der Waals surface area contributed by atoms with Gasteiger partial charge in [0.15, 0.2) is 0 Å². The minimum absolute atomic E-state index is 0.909. The van der Waals surface area contributed by atoms with Crippen molar-refractivity contribution < 1.29 is 8.85 Å². The zero-order chi connectivity index (χ0) is 25.7. The van der Waals surface area contributed by atoms with Gasteiger partial charge in [-0.15, -0.1) is 0 Å². The summed E-state index contributed by atoms with van der Waals surface area (Å²) in [6, 6.07) is 1.15. The van der Waals surface area contributed by atoms with Crippen LogP contribution in [0.5, 0.6) is 0 Å². The Kier molecular flexibility index (Phi) is 29.7. The Bertz CT molecular complexity index is 366. The standard InChI is InChI=1S/C31H65BrO2Si/c1-4-6-8-10-12-14-16-18-20-22-25-29-33-35(3,31-27-24-28-32)34-30-26-23-21-19-17-15-13-11-9-7-5-2/h4-31H2,1-3H3. The van der Waals surface area contributed by atoms with Crippen molar-refractivity contribution >= 4 is 24.5 Å². The molecule has 0 saturated carbocycles. The molecular weight excluding hydrogens is 512 g/mol. The van der Waals surface area contributed by atoms with E-state index in [0.717, 1.165) is 24.6 Å². The molecule has 0 saturated heterocycles. The molecule has 0 aromatic rings. The summed E-state index contributed by atoms with van der Waals surface area (Å²) in [5.74, 6) is 0. The molecule has 0 aromatic carbocycles. The molecule has 0 bridgehead atoms. The number of hydrogen-bond acceptors (Lipinski definition) is 2. The summed E-state index contributed by atoms with van der Waals surface area (Å²) >= 11 is 3.58. The normalized spacial score (nSPS) is 12.0. The first-order valence-electron chi connectivity index (χ1n) is 16.0. The average Bonchev–Trinajstić information content (AvgIpc) is 2.85. The summed E-state index contributed by atoms with van der Waals surface area (Å²) in [5.41, 5.74) is 0. The summed E-state index contributed by atoms with van der Waals surface area (Å²) in [5, 5.41) is 1.09. The highest BCUT2D eigenvalue weighted by molar-refractivity contribution is 9.09. The number of unbranched alkanes of at least 4 members (excludes halogenated alkanes) is 21. The second-order valence-electron chi connectivity index (χ2n) is 11.0. The minimum atomic E-state index is -2.00. The Hall–Kier alpha value is 0.617. The molecule has 0 aromatic heterocycles. The molecule has 0 aliphatic heterocycles. The predicted octanol–water partition coefficient (Wildman–Crippen LogP) is 11.9. The smallest absolute Gasteiger partial charge is 0.334 e. The van der Waals surface area contributed by atoms with Crippen molar-refractivity contribution in [2.24, 2.45) is 0 Å². The highest BCUT2D eigenvalue weighted by Gasteiger charge is 2.30. The maximum absolute atomic E-state index is 6.46. The molecule has 0 atom stereocenters. The predicted molar refractivity (Wildman–Crippen MR) is 164 cm³/mol. The van der Waals surface area contributed by atoms with Gasteiger partial charge in [-0.25, -0.2) is 0 Å². The fourth-order valence-electron chi connectivity index (χ4n) is 4.84. The van der Waals surface area contributed by atoms with Crippen molar-refractivity contribution in [2.45, 2.75) is 181 Å². The molecular formula is C31H65BrO2Si. The van der Waals surface area contributed by atoms with Gasteiger partial charge < -0.3 is 8.85 Å². The van der Waals surface area contributed by atoms with Crippen LogP contribution in [0.4, 0.5) is 0 Å². The molecule has 0 spiro atoms. The lowest BCUT2D eigenvalue weighted by molar-refractivity contribution is 0.166. The largest absolute Gasteiger partial charge is 0.394 e. The highest BCUT2D eigenvalue weighted by Crippen LogP contribution is 2.20. The van der Waals surface area contributed by atoms with Gasteiger partial charge in [0.1, 0.15) is 0 Å². The Morgan fingerprint density at radius 2 is 0.743 bits per heavy atom. The van der Waals surface area contributed by atoms with E-state index in [9.17, 15) is 0 Å². The van der Waals surface area contributed by atoms with Gasteiger partial charge in [0.2, 0.25) is 0 Å². The number of alkyl halides is 1. The molecule has 0 radical (unpaired) electrons. The van der Waals surface area contributed by atoms with Crippen molar-refractivity contribution in [3.63, 3.8) is 0 Å². The van der Waals surface area contributed by atoms with Crippen LogP contribution < -0.4 is 0 Å². The van der Waals surface area contributed by atoms with Crippen LogP contribution in [0.3, 0.4) is 0 Å². The van der Waals surface area contributed by atoms with Crippen LogP contribution in [0.1, 0.15) is 168 Å². The fraction of sp³-hybridized carbons (Fsp3) is 1.00. The minimum Gasteiger partial charge on any atom is -0.394 e. The second kappa shape index (κ2) is 29.2. The quantitative estimate of drug-likeness (QED) is 0.0480. The maximum Gasteiger partial charge on any atom is 0.334 e. The molecule has 212 valence electrons. The Morgan fingerprint density at radius 1 is 0.429 bits per heavy atom. The molecule has 0 aliphatic rings. The molecule has 0 heterocycles. The lowest BCUT2D eigenvalue weighted by Crippen LogP contribution is -2.39. The molecule has 0 amide bonds. The average molecular weight is 578 g/mol. The Morgan fingerprint density at radius 3 is 1.06 bits per heavy atom. The van der Waals surface area contributed by atoms with E-state index in [-0.39, 0.29) is 0 Å². The molecule has 0 aliphatic carbocycles. The second-order valence-corrected chi connectivity index (χ2v) is 15.2. The van der Waals surface area contributed by atoms with Crippen molar-refractivity contribution in [1.29, 1.82) is 0 Å². The first kappa shape index (κ1) is 35.6. The highest BCUT2D eigenvalue weighted by atomic mass is 79.9. The zero-order valence-corrected chi connectivity index (χ0v) is 27.1. The summed E-state index contributed by atoms with van der Waals surface area (Å²) in [7, 11) is -2.00. The Labute approximate surface area is 231 Å². The van der Waals surface area contributed by atoms with E-state index < -0.39 is 8.56 Å². The zero-order valence-electron chi connectivity index (χ0n) is 24.5. The third-order valence-electron chi connectivity index (χ3n) is 7.33. The summed E-state index contributed by atoms with van der Waals surface area (Å²) in [6.07, 6.45) is 33.0. The van der Waals surface area contributed by atoms with E-state index >= 15 is 0 Å². The fourth-order valence-corrected chi connectivity index (χ4v) is 7.65. The number of halogens is 1. The lowest BCUT2D eigenvalue weighted by atomic mass is 10.1. The van der Waals surface area contributed by atoms with Gasteiger partial charge in [-0.2, -0.15) is 0 Å². The van der Waals surface area contributed by atoms with Crippen LogP contribution in [0, 0.1) is 0 Å². The van der Waals surface area contributed by atoms with Crippen molar-refractivity contribution in [2.75, 3.05) is 18.5 Å². The van der Waals surface area contributed by atoms with E-state index in [1.54, 1.807) is 0 Å². The molecule has 4 heteroatoms. The van der Waals surface area contributed by atoms with Crippen LogP contribution in [0.15, 0.2) is 0 Å². The van der Waals surface area contributed by atoms with E-state index in [1.165, 1.54) is 154 Å². The van der Waals surface area contributed by atoms with Gasteiger partial charge in [-0.05, 0) is 31.9 Å². The summed E-state index contributed by atoms with van der Waals surface area (Å²) < 4.78 is 12.9. The van der Waals surface area contributed by atoms with Crippen LogP contribution in [0.25, 0.3) is 0 Å². The third-order valence-corrected chi connectivity index (χ3v) is 10.8. The van der Waals surface area contributed by atoms with Gasteiger partial charge in [0.25, 0.3) is 0 Å². The molecule has 0 unspecified atom stereocenters. The monoisotopic (exact) mass is 576 g/mol. The summed E-state index contributed by atoms with van der Waals surface area (Å²) in [6.45, 7) is 8.73. The molecule has 2 nitrogen and oxygen atoms in total. The number of hydrogen-bond donors (Lipinski definition) is 0. The van der Waals surface area contributed by atoms with Crippen LogP contribution in [-0.2, 0) is 8.85 Å². The first-order valence-corrected chi connectivity index (χ1v) is 19.7. The molecule has 0 fully saturated rings. The van der Waals surface area contributed by atoms with E-state index in [0.29, 0.717) is 0 Å². The van der Waals surface area contributed by atoms with Gasteiger partial charge in [-0.3, -0.25) is 0 Å². The molecule has 0 N–H and O–H groups in total. The number of rotatable bonds is 30. The summed E-state index contributed by atoms with van der Waals surface area (Å²) in [4.78, 5) is 0. The van der Waals surface area contributed by atoms with Crippen molar-refractivity contribution in [3.05, 3.63) is 0 Å². The lowest BCUT2D eigenvalue weighted by Gasteiger charge is -2.27. The maximum atomic E-state index is 6.46. The van der Waals surface area contributed by atoms with Crippen LogP contribution in [-0.4, -0.2) is 27.1 Å². The topological polar surface area (TPSA) is 18.5 Å². The van der Waals surface area contributed by atoms with Crippen molar-refractivity contribution in [3.8, 4) is 0 Å². The van der Waals surface area contributed by atoms with E-state index in [2.05, 4.69) is 36.3 Å². The van der Waals surface area contributed by atoms with E-state index in [1.807, 2.05) is 0 Å². The van der Waals surface area contributed by atoms with Gasteiger partial charge in [-0.1, -0.05) is 165 Å². The van der Waals surface area contributed by atoms with Gasteiger partial charge in [0, 0.05) is 18.5 Å². The van der Waals surface area contributed by atoms with E-state index in [4.69, 9.17) is 8.85 Å². The SMILES string of the molecule is CCCCCCCCCCCCCO[Si](C)(CCCCBr)OCCCCCCCCCCCCC. The van der Waals surface area contributed by atoms with Crippen molar-refractivity contribution in [1.82, 2.24) is 0 Å². The van der Waals surface area contributed by atoms with Gasteiger partial charge in [0.05, 0.1) is 0 Å². The van der Waals surface area contributed by atoms with Crippen LogP contribution in [0.2, 0.25) is 12.6 Å². The Balaban J connectivity index is 3.76. The van der Waals surface area contributed by atoms with Crippen LogP contribution >= 0.6 is 15.9 Å². The van der Waals surface area contributed by atoms with Gasteiger partial charge >= 0.3 is 8.56 Å².